The highest BCUT2D eigenvalue weighted by Gasteiger charge is 2.16. The van der Waals surface area contributed by atoms with E-state index in [1.165, 1.54) is 12.0 Å². The molecule has 1 heterocycles. The number of amides is 1. The van der Waals surface area contributed by atoms with Crippen LogP contribution in [-0.2, 0) is 11.2 Å². The zero-order chi connectivity index (χ0) is 14.5. The fourth-order valence-corrected chi connectivity index (χ4v) is 2.22. The van der Waals surface area contributed by atoms with E-state index in [9.17, 15) is 4.79 Å². The van der Waals surface area contributed by atoms with Gasteiger partial charge in [0.25, 0.3) is 5.91 Å². The second-order valence-corrected chi connectivity index (χ2v) is 5.75. The van der Waals surface area contributed by atoms with Crippen LogP contribution in [0, 0.1) is 5.92 Å². The van der Waals surface area contributed by atoms with Crippen molar-refractivity contribution in [2.24, 2.45) is 5.92 Å². The summed E-state index contributed by atoms with van der Waals surface area (Å²) in [5.41, 5.74) is 2.45. The maximum Gasteiger partial charge on any atom is 0.260 e. The van der Waals surface area contributed by atoms with Gasteiger partial charge in [-0.05, 0) is 37.3 Å². The van der Waals surface area contributed by atoms with Crippen molar-refractivity contribution in [3.05, 3.63) is 23.8 Å². The molecule has 0 spiro atoms. The minimum absolute atomic E-state index is 0.0654. The van der Waals surface area contributed by atoms with E-state index in [2.05, 4.69) is 30.5 Å². The van der Waals surface area contributed by atoms with E-state index in [0.717, 1.165) is 24.4 Å². The molecular weight excluding hydrogens is 252 g/mol. The summed E-state index contributed by atoms with van der Waals surface area (Å²) in [4.78, 5) is 11.9. The van der Waals surface area contributed by atoms with E-state index in [0.29, 0.717) is 12.5 Å². The number of carbonyl (C=O) groups is 1. The van der Waals surface area contributed by atoms with Crippen LogP contribution in [0.2, 0.25) is 0 Å². The standard InChI is InChI=1S/C16H24N2O2/c1-11(2)10-18-16(19)12(3)20-14-7-6-13-5-4-8-17-15(13)9-14/h6-7,9,11-12,17H,4-5,8,10H2,1-3H3,(H,18,19). The van der Waals surface area contributed by atoms with E-state index < -0.39 is 6.10 Å². The molecule has 110 valence electrons. The van der Waals surface area contributed by atoms with Gasteiger partial charge in [0.2, 0.25) is 0 Å². The van der Waals surface area contributed by atoms with Gasteiger partial charge in [-0.15, -0.1) is 0 Å². The number of rotatable bonds is 5. The molecule has 1 atom stereocenters. The zero-order valence-electron chi connectivity index (χ0n) is 12.5. The highest BCUT2D eigenvalue weighted by Crippen LogP contribution is 2.27. The van der Waals surface area contributed by atoms with E-state index in [1.54, 1.807) is 6.92 Å². The Kier molecular flexibility index (Phi) is 4.88. The van der Waals surface area contributed by atoms with Gasteiger partial charge in [-0.25, -0.2) is 0 Å². The molecule has 4 heteroatoms. The number of carbonyl (C=O) groups excluding carboxylic acids is 1. The van der Waals surface area contributed by atoms with E-state index in [4.69, 9.17) is 4.74 Å². The molecule has 2 N–H and O–H groups in total. The molecular formula is C16H24N2O2. The Bertz CT molecular complexity index is 472. The lowest BCUT2D eigenvalue weighted by molar-refractivity contribution is -0.127. The Morgan fingerprint density at radius 2 is 2.20 bits per heavy atom. The molecule has 1 aromatic rings. The summed E-state index contributed by atoms with van der Waals surface area (Å²) in [5.74, 6) is 1.12. The summed E-state index contributed by atoms with van der Waals surface area (Å²) in [6, 6.07) is 6.01. The minimum Gasteiger partial charge on any atom is -0.481 e. The Morgan fingerprint density at radius 1 is 1.40 bits per heavy atom. The Labute approximate surface area is 120 Å². The van der Waals surface area contributed by atoms with Crippen molar-refractivity contribution in [2.75, 3.05) is 18.4 Å². The first-order chi connectivity index (χ1) is 9.56. The van der Waals surface area contributed by atoms with Gasteiger partial charge in [0.05, 0.1) is 0 Å². The van der Waals surface area contributed by atoms with Gasteiger partial charge >= 0.3 is 0 Å². The second kappa shape index (κ2) is 6.64. The third kappa shape index (κ3) is 3.89. The van der Waals surface area contributed by atoms with Crippen LogP contribution in [0.3, 0.4) is 0 Å². The smallest absolute Gasteiger partial charge is 0.260 e. The molecule has 1 amide bonds. The van der Waals surface area contributed by atoms with Crippen molar-refractivity contribution < 1.29 is 9.53 Å². The van der Waals surface area contributed by atoms with Crippen LogP contribution in [0.4, 0.5) is 5.69 Å². The first-order valence-electron chi connectivity index (χ1n) is 7.37. The molecule has 4 nitrogen and oxygen atoms in total. The second-order valence-electron chi connectivity index (χ2n) is 5.75. The Hall–Kier alpha value is -1.71. The molecule has 0 aromatic heterocycles. The number of ether oxygens (including phenoxy) is 1. The lowest BCUT2D eigenvalue weighted by Crippen LogP contribution is -2.38. The fraction of sp³-hybridized carbons (Fsp3) is 0.562. The lowest BCUT2D eigenvalue weighted by atomic mass is 10.0. The summed E-state index contributed by atoms with van der Waals surface area (Å²) < 4.78 is 5.72. The zero-order valence-corrected chi connectivity index (χ0v) is 12.5. The molecule has 0 fully saturated rings. The van der Waals surface area contributed by atoms with Crippen molar-refractivity contribution in [2.45, 2.75) is 39.7 Å². The number of anilines is 1. The highest BCUT2D eigenvalue weighted by molar-refractivity contribution is 5.80. The predicted molar refractivity (Wildman–Crippen MR) is 81.2 cm³/mol. The summed E-state index contributed by atoms with van der Waals surface area (Å²) in [6.07, 6.45) is 1.80. The molecule has 0 radical (unpaired) electrons. The number of hydrogen-bond acceptors (Lipinski definition) is 3. The number of nitrogens with one attached hydrogen (secondary N) is 2. The minimum atomic E-state index is -0.476. The van der Waals surface area contributed by atoms with Gasteiger partial charge in [0.1, 0.15) is 5.75 Å². The van der Waals surface area contributed by atoms with E-state index in [-0.39, 0.29) is 5.91 Å². The van der Waals surface area contributed by atoms with Crippen molar-refractivity contribution in [3.63, 3.8) is 0 Å². The quantitative estimate of drug-likeness (QED) is 0.869. The molecule has 1 aliphatic rings. The Morgan fingerprint density at radius 3 is 2.95 bits per heavy atom. The molecule has 1 unspecified atom stereocenters. The number of fused-ring (bicyclic) bond motifs is 1. The molecule has 2 rings (SSSR count). The fourth-order valence-electron chi connectivity index (χ4n) is 2.22. The van der Waals surface area contributed by atoms with Crippen LogP contribution in [-0.4, -0.2) is 25.1 Å². The van der Waals surface area contributed by atoms with Crippen LogP contribution in [0.1, 0.15) is 32.8 Å². The number of hydrogen-bond donors (Lipinski definition) is 2. The van der Waals surface area contributed by atoms with E-state index in [1.807, 2.05) is 12.1 Å². The van der Waals surface area contributed by atoms with Crippen LogP contribution < -0.4 is 15.4 Å². The average molecular weight is 276 g/mol. The number of aryl methyl sites for hydroxylation is 1. The molecule has 0 bridgehead atoms. The van der Waals surface area contributed by atoms with Crippen molar-refractivity contribution in [3.8, 4) is 5.75 Å². The van der Waals surface area contributed by atoms with Crippen molar-refractivity contribution in [1.82, 2.24) is 5.32 Å². The Balaban J connectivity index is 1.93. The molecule has 0 saturated heterocycles. The largest absolute Gasteiger partial charge is 0.481 e. The molecule has 0 aliphatic carbocycles. The lowest BCUT2D eigenvalue weighted by Gasteiger charge is -2.20. The summed E-state index contributed by atoms with van der Waals surface area (Å²) in [6.45, 7) is 7.60. The van der Waals surface area contributed by atoms with Crippen molar-refractivity contribution in [1.29, 1.82) is 0 Å². The van der Waals surface area contributed by atoms with Crippen molar-refractivity contribution >= 4 is 11.6 Å². The van der Waals surface area contributed by atoms with E-state index >= 15 is 0 Å². The molecule has 1 aliphatic heterocycles. The molecule has 1 aromatic carbocycles. The SMILES string of the molecule is CC(C)CNC(=O)C(C)Oc1ccc2c(c1)NCCC2. The normalized spacial score (nSPS) is 15.2. The van der Waals surface area contributed by atoms with Crippen LogP contribution in [0.15, 0.2) is 18.2 Å². The van der Waals surface area contributed by atoms with Crippen LogP contribution in [0.25, 0.3) is 0 Å². The van der Waals surface area contributed by atoms with Gasteiger partial charge in [-0.2, -0.15) is 0 Å². The summed E-state index contributed by atoms with van der Waals surface area (Å²) >= 11 is 0. The predicted octanol–water partition coefficient (Wildman–Crippen LogP) is 2.58. The topological polar surface area (TPSA) is 50.4 Å². The summed E-state index contributed by atoms with van der Waals surface area (Å²) in [5, 5.41) is 6.25. The maximum absolute atomic E-state index is 11.9. The molecule has 0 saturated carbocycles. The molecule has 20 heavy (non-hydrogen) atoms. The third-order valence-corrected chi connectivity index (χ3v) is 3.39. The van der Waals surface area contributed by atoms with Crippen LogP contribution >= 0.6 is 0 Å². The van der Waals surface area contributed by atoms with Gasteiger partial charge in [-0.1, -0.05) is 19.9 Å². The van der Waals surface area contributed by atoms with Gasteiger partial charge < -0.3 is 15.4 Å². The first kappa shape index (κ1) is 14.7. The average Bonchev–Trinajstić information content (AvgIpc) is 2.44. The third-order valence-electron chi connectivity index (χ3n) is 3.39. The van der Waals surface area contributed by atoms with Gasteiger partial charge in [0, 0.05) is 24.8 Å². The van der Waals surface area contributed by atoms with Crippen LogP contribution in [0.5, 0.6) is 5.75 Å². The summed E-state index contributed by atoms with van der Waals surface area (Å²) in [7, 11) is 0. The first-order valence-corrected chi connectivity index (χ1v) is 7.37. The van der Waals surface area contributed by atoms with Gasteiger partial charge in [-0.3, -0.25) is 4.79 Å². The monoisotopic (exact) mass is 276 g/mol. The number of benzene rings is 1. The maximum atomic E-state index is 11.9. The van der Waals surface area contributed by atoms with Gasteiger partial charge in [0.15, 0.2) is 6.10 Å². The highest BCUT2D eigenvalue weighted by atomic mass is 16.5.